The van der Waals surface area contributed by atoms with Crippen LogP contribution < -0.4 is 4.74 Å². The van der Waals surface area contributed by atoms with Gasteiger partial charge in [-0.15, -0.1) is 0 Å². The van der Waals surface area contributed by atoms with Crippen LogP contribution in [-0.4, -0.2) is 4.98 Å². The number of benzene rings is 2. The van der Waals surface area contributed by atoms with Gasteiger partial charge in [-0.1, -0.05) is 12.1 Å². The molecule has 24 heavy (non-hydrogen) atoms. The monoisotopic (exact) mass is 332 g/mol. The van der Waals surface area contributed by atoms with Crippen LogP contribution in [0, 0.1) is 13.0 Å². The molecule has 3 nitrogen and oxygen atoms in total. The second kappa shape index (κ2) is 6.39. The summed E-state index contributed by atoms with van der Waals surface area (Å²) in [4.78, 5) is 4.30. The van der Waals surface area contributed by atoms with Crippen LogP contribution in [0.25, 0.3) is 11.5 Å². The van der Waals surface area contributed by atoms with E-state index in [9.17, 15) is 13.2 Å². The molecule has 0 N–H and O–H groups in total. The number of rotatable bonds is 4. The van der Waals surface area contributed by atoms with Crippen LogP contribution in [0.2, 0.25) is 0 Å². The van der Waals surface area contributed by atoms with Crippen LogP contribution >= 0.6 is 0 Å². The van der Waals surface area contributed by atoms with E-state index in [0.717, 1.165) is 12.1 Å². The first-order valence-corrected chi connectivity index (χ1v) is 7.16. The van der Waals surface area contributed by atoms with Gasteiger partial charge in [-0.3, -0.25) is 0 Å². The van der Waals surface area contributed by atoms with Gasteiger partial charge in [-0.25, -0.2) is 4.98 Å². The molecule has 0 saturated heterocycles. The Kier molecular flexibility index (Phi) is 4.29. The first-order valence-electron chi connectivity index (χ1n) is 7.16. The van der Waals surface area contributed by atoms with Gasteiger partial charge in [0.25, 0.3) is 0 Å². The van der Waals surface area contributed by atoms with Crippen LogP contribution in [0.1, 0.15) is 17.0 Å². The van der Waals surface area contributed by atoms with Crippen molar-refractivity contribution in [2.45, 2.75) is 19.7 Å². The topological polar surface area (TPSA) is 35.3 Å². The van der Waals surface area contributed by atoms with Crippen molar-refractivity contribution in [1.82, 2.24) is 4.98 Å². The summed E-state index contributed by atoms with van der Waals surface area (Å²) < 4.78 is 48.9. The predicted molar refractivity (Wildman–Crippen MR) is 81.3 cm³/mol. The number of hydrogen-bond acceptors (Lipinski definition) is 3. The number of halogens is 3. The highest BCUT2D eigenvalue weighted by Crippen LogP contribution is 2.31. The molecule has 0 fully saturated rings. The van der Waals surface area contributed by atoms with Crippen LogP contribution in [0.5, 0.6) is 5.75 Å². The molecule has 6 heteroatoms. The lowest BCUT2D eigenvalue weighted by molar-refractivity contribution is -0.137. The first kappa shape index (κ1) is 16.1. The van der Waals surface area contributed by atoms with E-state index in [0.29, 0.717) is 22.8 Å². The fourth-order valence-electron chi connectivity index (χ4n) is 2.11. The second-order valence-corrected chi connectivity index (χ2v) is 5.12. The van der Waals surface area contributed by atoms with E-state index in [4.69, 9.17) is 9.15 Å². The van der Waals surface area contributed by atoms with Crippen LogP contribution in [0.4, 0.5) is 13.2 Å². The summed E-state index contributed by atoms with van der Waals surface area (Å²) in [5, 5.41) is 0. The average molecular weight is 332 g/mol. The van der Waals surface area contributed by atoms with Gasteiger partial charge in [0.15, 0.2) is 0 Å². The Morgan fingerprint density at radius 1 is 1.17 bits per heavy atom. The lowest BCUT2D eigenvalue weighted by Crippen LogP contribution is -2.04. The Labute approximate surface area is 136 Å². The molecule has 0 saturated carbocycles. The largest absolute Gasteiger partial charge is 0.487 e. The zero-order valence-electron chi connectivity index (χ0n) is 12.7. The fraction of sp³-hybridized carbons (Fsp3) is 0.167. The van der Waals surface area contributed by atoms with Crippen LogP contribution in [-0.2, 0) is 12.8 Å². The van der Waals surface area contributed by atoms with E-state index in [1.165, 1.54) is 12.1 Å². The Balaban J connectivity index is 1.76. The molecule has 3 rings (SSSR count). The van der Waals surface area contributed by atoms with Crippen molar-refractivity contribution in [2.24, 2.45) is 0 Å². The summed E-state index contributed by atoms with van der Waals surface area (Å²) in [5.74, 6) is 1.47. The van der Waals surface area contributed by atoms with Crippen molar-refractivity contribution in [3.63, 3.8) is 0 Å². The third-order valence-corrected chi connectivity index (χ3v) is 3.41. The van der Waals surface area contributed by atoms with Gasteiger partial charge in [0.05, 0.1) is 5.56 Å². The third kappa shape index (κ3) is 3.59. The van der Waals surface area contributed by atoms with Gasteiger partial charge in [-0.2, -0.15) is 13.2 Å². The minimum atomic E-state index is -4.36. The highest BCUT2D eigenvalue weighted by molar-refractivity contribution is 5.54. The molecule has 1 heterocycles. The molecule has 0 unspecified atom stereocenters. The van der Waals surface area contributed by atoms with E-state index in [1.54, 1.807) is 31.2 Å². The van der Waals surface area contributed by atoms with Gasteiger partial charge in [0.1, 0.15) is 23.8 Å². The molecule has 0 bridgehead atoms. The molecular weight excluding hydrogens is 319 g/mol. The predicted octanol–water partition coefficient (Wildman–Crippen LogP) is 5.05. The highest BCUT2D eigenvalue weighted by atomic mass is 19.4. The minimum absolute atomic E-state index is 0.202. The Hall–Kier alpha value is -2.76. The first-order chi connectivity index (χ1) is 11.4. The summed E-state index contributed by atoms with van der Waals surface area (Å²) in [6.45, 7) is 1.93. The fourth-order valence-corrected chi connectivity index (χ4v) is 2.11. The lowest BCUT2D eigenvalue weighted by atomic mass is 10.1. The summed E-state index contributed by atoms with van der Waals surface area (Å²) in [6, 6.07) is 14.6. The normalized spacial score (nSPS) is 11.5. The molecule has 1 radical (unpaired) electrons. The molecular formula is C18H13F3NO2. The van der Waals surface area contributed by atoms with Crippen molar-refractivity contribution in [1.29, 1.82) is 0 Å². The van der Waals surface area contributed by atoms with Crippen LogP contribution in [0.3, 0.4) is 0 Å². The maximum absolute atomic E-state index is 12.6. The van der Waals surface area contributed by atoms with E-state index in [2.05, 4.69) is 11.1 Å². The number of oxazole rings is 1. The van der Waals surface area contributed by atoms with Gasteiger partial charge >= 0.3 is 6.18 Å². The number of aryl methyl sites for hydroxylation is 1. The van der Waals surface area contributed by atoms with Crippen LogP contribution in [0.15, 0.2) is 52.9 Å². The standard InChI is InChI=1S/C18H13F3NO2/c1-12-16(11-23-15-5-3-2-4-6-15)22-17(24-12)13-7-9-14(10-8-13)18(19,20)21/h2-3,5-10H,11H2,1H3. The SMILES string of the molecule is Cc1oc(-c2ccc(C(F)(F)F)cc2)nc1COc1c[c]ccc1. The molecule has 1 aromatic heterocycles. The number of hydrogen-bond donors (Lipinski definition) is 0. The number of aromatic nitrogens is 1. The Morgan fingerprint density at radius 3 is 2.54 bits per heavy atom. The molecule has 0 amide bonds. The van der Waals surface area contributed by atoms with Gasteiger partial charge < -0.3 is 9.15 Å². The molecule has 0 aliphatic carbocycles. The molecule has 0 aliphatic heterocycles. The smallest absolute Gasteiger partial charge is 0.416 e. The zero-order chi connectivity index (χ0) is 17.2. The van der Waals surface area contributed by atoms with Crippen molar-refractivity contribution in [2.75, 3.05) is 0 Å². The molecule has 0 atom stereocenters. The van der Waals surface area contributed by atoms with Gasteiger partial charge in [-0.05, 0) is 49.4 Å². The third-order valence-electron chi connectivity index (χ3n) is 3.41. The number of alkyl halides is 3. The lowest BCUT2D eigenvalue weighted by Gasteiger charge is -2.06. The molecule has 0 aliphatic rings. The summed E-state index contributed by atoms with van der Waals surface area (Å²) >= 11 is 0. The zero-order valence-corrected chi connectivity index (χ0v) is 12.7. The molecule has 0 spiro atoms. The number of ether oxygens (including phenoxy) is 1. The molecule has 2 aromatic carbocycles. The van der Waals surface area contributed by atoms with Gasteiger partial charge in [0, 0.05) is 5.56 Å². The van der Waals surface area contributed by atoms with Crippen molar-refractivity contribution >= 4 is 0 Å². The summed E-state index contributed by atoms with van der Waals surface area (Å²) in [7, 11) is 0. The Bertz CT molecular complexity index is 809. The maximum atomic E-state index is 12.6. The second-order valence-electron chi connectivity index (χ2n) is 5.12. The Morgan fingerprint density at radius 2 is 1.92 bits per heavy atom. The minimum Gasteiger partial charge on any atom is -0.487 e. The maximum Gasteiger partial charge on any atom is 0.416 e. The van der Waals surface area contributed by atoms with Crippen molar-refractivity contribution in [3.8, 4) is 17.2 Å². The van der Waals surface area contributed by atoms with E-state index >= 15 is 0 Å². The average Bonchev–Trinajstić information content (AvgIpc) is 2.94. The van der Waals surface area contributed by atoms with E-state index in [1.807, 2.05) is 0 Å². The summed E-state index contributed by atoms with van der Waals surface area (Å²) in [6.07, 6.45) is -4.36. The quantitative estimate of drug-likeness (QED) is 0.671. The summed E-state index contributed by atoms with van der Waals surface area (Å²) in [5.41, 5.74) is 0.359. The van der Waals surface area contributed by atoms with Crippen molar-refractivity contribution < 1.29 is 22.3 Å². The molecule has 123 valence electrons. The van der Waals surface area contributed by atoms with Gasteiger partial charge in [0.2, 0.25) is 5.89 Å². The highest BCUT2D eigenvalue weighted by Gasteiger charge is 2.30. The van der Waals surface area contributed by atoms with E-state index < -0.39 is 11.7 Å². The van der Waals surface area contributed by atoms with Crippen molar-refractivity contribution in [3.05, 3.63) is 71.6 Å². The number of nitrogens with zero attached hydrogens (tertiary/aromatic N) is 1. The van der Waals surface area contributed by atoms with E-state index in [-0.39, 0.29) is 12.5 Å². The molecule has 3 aromatic rings.